The number of hydrogen-bond donors (Lipinski definition) is 4. The van der Waals surface area contributed by atoms with E-state index in [0.29, 0.717) is 17.6 Å². The molecular formula is C25H30N8O2. The smallest absolute Gasteiger partial charge is 0.322 e. The highest BCUT2D eigenvalue weighted by Crippen LogP contribution is 2.40. The third-order valence-corrected chi connectivity index (χ3v) is 7.39. The van der Waals surface area contributed by atoms with Crippen molar-refractivity contribution in [1.82, 2.24) is 25.1 Å². The highest BCUT2D eigenvalue weighted by atomic mass is 16.3. The number of benzene rings is 1. The van der Waals surface area contributed by atoms with Crippen LogP contribution >= 0.6 is 0 Å². The monoisotopic (exact) mass is 474 g/mol. The zero-order chi connectivity index (χ0) is 23.8. The van der Waals surface area contributed by atoms with Gasteiger partial charge in [-0.2, -0.15) is 10.1 Å². The van der Waals surface area contributed by atoms with Crippen LogP contribution in [-0.4, -0.2) is 43.2 Å². The molecule has 0 aliphatic heterocycles. The van der Waals surface area contributed by atoms with Crippen LogP contribution < -0.4 is 16.4 Å². The number of nitrogens with one attached hydrogen (secondary N) is 3. The Morgan fingerprint density at radius 3 is 2.71 bits per heavy atom. The first-order chi connectivity index (χ1) is 17.1. The van der Waals surface area contributed by atoms with Crippen molar-refractivity contribution in [3.8, 4) is 0 Å². The second-order valence-electron chi connectivity index (χ2n) is 9.69. The van der Waals surface area contributed by atoms with Gasteiger partial charge in [-0.1, -0.05) is 19.3 Å². The van der Waals surface area contributed by atoms with Crippen molar-refractivity contribution in [3.63, 3.8) is 0 Å². The first-order valence-electron chi connectivity index (χ1n) is 12.4. The quantitative estimate of drug-likeness (QED) is 0.301. The van der Waals surface area contributed by atoms with Gasteiger partial charge in [-0.05, 0) is 50.3 Å². The van der Waals surface area contributed by atoms with Gasteiger partial charge in [-0.3, -0.25) is 5.10 Å². The summed E-state index contributed by atoms with van der Waals surface area (Å²) in [6, 6.07) is 9.95. The number of carbonyl (C=O) groups excluding carboxylic acids is 1. The van der Waals surface area contributed by atoms with E-state index < -0.39 is 0 Å². The minimum atomic E-state index is -0.0141. The Kier molecular flexibility index (Phi) is 5.63. The Bertz CT molecular complexity index is 1290. The number of H-pyrrole nitrogens is 1. The number of aromatic nitrogens is 4. The van der Waals surface area contributed by atoms with Crippen LogP contribution in [-0.2, 0) is 0 Å². The van der Waals surface area contributed by atoms with Gasteiger partial charge in [-0.15, -0.1) is 0 Å². The third-order valence-electron chi connectivity index (χ3n) is 7.39. The molecule has 2 fully saturated rings. The summed E-state index contributed by atoms with van der Waals surface area (Å²) < 4.78 is 5.63. The Morgan fingerprint density at radius 1 is 1.06 bits per heavy atom. The lowest BCUT2D eigenvalue weighted by Crippen LogP contribution is -2.49. The van der Waals surface area contributed by atoms with Crippen molar-refractivity contribution < 1.29 is 9.21 Å². The molecule has 4 heterocycles. The number of furan rings is 2. The van der Waals surface area contributed by atoms with E-state index in [-0.39, 0.29) is 24.1 Å². The molecule has 5 N–H and O–H groups in total. The first kappa shape index (κ1) is 21.7. The van der Waals surface area contributed by atoms with Crippen LogP contribution in [0.2, 0.25) is 0 Å². The van der Waals surface area contributed by atoms with Crippen molar-refractivity contribution in [3.05, 3.63) is 42.2 Å². The maximum Gasteiger partial charge on any atom is 0.322 e. The van der Waals surface area contributed by atoms with Crippen LogP contribution in [0.1, 0.15) is 63.0 Å². The summed E-state index contributed by atoms with van der Waals surface area (Å²) >= 11 is 0. The van der Waals surface area contributed by atoms with Crippen LogP contribution in [0.15, 0.2) is 40.9 Å². The highest BCUT2D eigenvalue weighted by Gasteiger charge is 2.38. The van der Waals surface area contributed by atoms with Crippen LogP contribution in [0.25, 0.3) is 11.2 Å². The molecule has 6 rings (SSSR count). The van der Waals surface area contributed by atoms with E-state index in [9.17, 15) is 4.79 Å². The second kappa shape index (κ2) is 9.09. The van der Waals surface area contributed by atoms with Crippen LogP contribution in [0, 0.1) is 0 Å². The number of hydrogen-bond acceptors (Lipinski definition) is 7. The fraction of sp³-hybridized carbons (Fsp3) is 0.440. The Labute approximate surface area is 203 Å². The normalized spacial score (nSPS) is 20.9. The van der Waals surface area contributed by atoms with E-state index in [1.165, 1.54) is 19.3 Å². The number of carbonyl (C=O) groups is 1. The predicted molar refractivity (Wildman–Crippen MR) is 134 cm³/mol. The van der Waals surface area contributed by atoms with Crippen LogP contribution in [0.5, 0.6) is 0 Å². The second-order valence-corrected chi connectivity index (χ2v) is 9.69. The number of urea groups is 1. The number of rotatable bonds is 6. The average molecular weight is 475 g/mol. The van der Waals surface area contributed by atoms with Gasteiger partial charge in [0.05, 0.1) is 5.69 Å². The summed E-state index contributed by atoms with van der Waals surface area (Å²) in [5, 5.41) is 13.9. The number of nitrogens with zero attached hydrogens (tertiary/aromatic N) is 4. The predicted octanol–water partition coefficient (Wildman–Crippen LogP) is 5.21. The molecule has 2 bridgehead atoms. The summed E-state index contributed by atoms with van der Waals surface area (Å²) in [6.45, 7) is 0. The molecule has 2 aliphatic rings. The molecule has 182 valence electrons. The summed E-state index contributed by atoms with van der Waals surface area (Å²) in [5.74, 6) is 1.82. The molecule has 4 aromatic heterocycles. The topological polar surface area (TPSA) is 138 Å². The van der Waals surface area contributed by atoms with Gasteiger partial charge in [0.1, 0.15) is 11.4 Å². The molecule has 2 amide bonds. The number of amides is 2. The largest absolute Gasteiger partial charge is 0.455 e. The van der Waals surface area contributed by atoms with E-state index in [1.807, 2.05) is 24.3 Å². The number of fused-ring (bicyclic) bond motifs is 2. The van der Waals surface area contributed by atoms with Gasteiger partial charge in [0, 0.05) is 42.0 Å². The number of nitrogens with two attached hydrogens (primary N) is 1. The van der Waals surface area contributed by atoms with Gasteiger partial charge in [0.15, 0.2) is 11.4 Å². The highest BCUT2D eigenvalue weighted by molar-refractivity contribution is 5.96. The molecule has 4 aromatic rings. The lowest BCUT2D eigenvalue weighted by Gasteiger charge is -2.38. The summed E-state index contributed by atoms with van der Waals surface area (Å²) in [4.78, 5) is 23.8. The van der Waals surface area contributed by atoms with Gasteiger partial charge >= 0.3 is 6.03 Å². The molecule has 2 unspecified atom stereocenters. The molecule has 0 spiro atoms. The zero-order valence-electron chi connectivity index (χ0n) is 19.5. The molecule has 2 atom stereocenters. The van der Waals surface area contributed by atoms with Gasteiger partial charge in [0.2, 0.25) is 5.95 Å². The average Bonchev–Trinajstić information content (AvgIpc) is 3.65. The van der Waals surface area contributed by atoms with Crippen molar-refractivity contribution in [1.29, 1.82) is 0 Å². The lowest BCUT2D eigenvalue weighted by molar-refractivity contribution is 0.134. The summed E-state index contributed by atoms with van der Waals surface area (Å²) in [7, 11) is 0. The minimum Gasteiger partial charge on any atom is -0.455 e. The Hall–Kier alpha value is -3.82. The van der Waals surface area contributed by atoms with Crippen molar-refractivity contribution in [2.75, 3.05) is 16.4 Å². The molecule has 2 aliphatic carbocycles. The Morgan fingerprint density at radius 2 is 1.94 bits per heavy atom. The molecular weight excluding hydrogens is 444 g/mol. The molecule has 10 heteroatoms. The maximum atomic E-state index is 13.6. The molecule has 0 aromatic carbocycles. The molecule has 10 nitrogen and oxygen atoms in total. The molecule has 2 saturated carbocycles. The van der Waals surface area contributed by atoms with Crippen molar-refractivity contribution in [2.24, 2.45) is 0 Å². The van der Waals surface area contributed by atoms with Crippen molar-refractivity contribution in [2.45, 2.75) is 69.4 Å². The van der Waals surface area contributed by atoms with Gasteiger partial charge < -0.3 is 25.7 Å². The Balaban J connectivity index is 1.16. The van der Waals surface area contributed by atoms with E-state index in [4.69, 9.17) is 10.2 Å². The fourth-order valence-electron chi connectivity index (χ4n) is 5.73. The van der Waals surface area contributed by atoms with E-state index >= 15 is 0 Å². The van der Waals surface area contributed by atoms with Crippen LogP contribution in [0.3, 0.4) is 0 Å². The zero-order valence-corrected chi connectivity index (χ0v) is 19.5. The molecule has 0 saturated heterocycles. The third kappa shape index (κ3) is 4.48. The number of anilines is 4. The number of aromatic amines is 1. The summed E-state index contributed by atoms with van der Waals surface area (Å²) in [6.07, 6.45) is 10.2. The number of nitrogen functional groups attached to an aromatic ring is 1. The minimum absolute atomic E-state index is 0.0141. The van der Waals surface area contributed by atoms with E-state index in [0.717, 1.165) is 54.7 Å². The van der Waals surface area contributed by atoms with Gasteiger partial charge in [0.25, 0.3) is 0 Å². The molecule has 35 heavy (non-hydrogen) atoms. The maximum absolute atomic E-state index is 13.6. The van der Waals surface area contributed by atoms with Crippen molar-refractivity contribution >= 4 is 40.5 Å². The van der Waals surface area contributed by atoms with Crippen LogP contribution in [0.4, 0.5) is 28.1 Å². The standard InChI is InChI=1S/C25H30N8O2/c26-24-27-11-10-22(30-24)29-23-14-19(31-32-23)15-6-7-17(12-15)33(16-4-2-1-3-5-16)25(34)28-20-13-18-8-9-21(20)35-18/h8-11,13-17H,1-7,12H2,(H,28,34)(H4,26,27,29,30,31,32). The lowest BCUT2D eigenvalue weighted by atomic mass is 9.93. The molecule has 0 radical (unpaired) electrons. The van der Waals surface area contributed by atoms with E-state index in [2.05, 4.69) is 35.7 Å². The summed E-state index contributed by atoms with van der Waals surface area (Å²) in [5.41, 5.74) is 9.02. The SMILES string of the molecule is Nc1nccc(Nc2cc(C3CCC(N(C(=O)Nc4cc5ccc4o5)C4CCCCC4)C3)[nH]n2)n1. The van der Waals surface area contributed by atoms with E-state index in [1.54, 1.807) is 12.3 Å². The first-order valence-corrected chi connectivity index (χ1v) is 12.4. The van der Waals surface area contributed by atoms with Gasteiger partial charge in [-0.25, -0.2) is 9.78 Å². The fourth-order valence-corrected chi connectivity index (χ4v) is 5.73.